The van der Waals surface area contributed by atoms with E-state index in [9.17, 15) is 14.3 Å². The van der Waals surface area contributed by atoms with Crippen LogP contribution in [0.15, 0.2) is 24.3 Å². The van der Waals surface area contributed by atoms with Crippen molar-refractivity contribution in [1.82, 2.24) is 4.57 Å². The van der Waals surface area contributed by atoms with Crippen molar-refractivity contribution in [3.05, 3.63) is 46.9 Å². The van der Waals surface area contributed by atoms with Crippen molar-refractivity contribution in [2.75, 3.05) is 0 Å². The third-order valence-electron chi connectivity index (χ3n) is 5.24. The average Bonchev–Trinajstić information content (AvgIpc) is 2.88. The minimum absolute atomic E-state index is 0.296. The zero-order valence-corrected chi connectivity index (χ0v) is 14.3. The van der Waals surface area contributed by atoms with Gasteiger partial charge in [-0.05, 0) is 56.4 Å². The zero-order valence-electron chi connectivity index (χ0n) is 14.3. The van der Waals surface area contributed by atoms with Crippen LogP contribution in [0.4, 0.5) is 4.39 Å². The summed E-state index contributed by atoms with van der Waals surface area (Å²) in [4.78, 5) is 11.6. The van der Waals surface area contributed by atoms with Gasteiger partial charge in [0.05, 0.1) is 5.56 Å². The third-order valence-corrected chi connectivity index (χ3v) is 5.24. The van der Waals surface area contributed by atoms with Crippen LogP contribution < -0.4 is 0 Å². The predicted octanol–water partition coefficient (Wildman–Crippen LogP) is 5.19. The summed E-state index contributed by atoms with van der Waals surface area (Å²) in [7, 11) is 0. The van der Waals surface area contributed by atoms with E-state index in [0.717, 1.165) is 29.1 Å². The first kappa shape index (κ1) is 16.7. The molecular weight excluding hydrogens is 305 g/mol. The van der Waals surface area contributed by atoms with Gasteiger partial charge in [-0.3, -0.25) is 0 Å². The van der Waals surface area contributed by atoms with Crippen molar-refractivity contribution in [3.8, 4) is 11.3 Å². The molecule has 1 saturated carbocycles. The SMILES string of the molecule is Cc1ccc(F)cc1-c1cc(C(=O)O)c(C)n1CC1CCCCC1. The van der Waals surface area contributed by atoms with E-state index in [0.29, 0.717) is 11.5 Å². The normalized spacial score (nSPS) is 15.6. The minimum Gasteiger partial charge on any atom is -0.478 e. The highest BCUT2D eigenvalue weighted by Crippen LogP contribution is 2.32. The molecule has 1 N–H and O–H groups in total. The maximum atomic E-state index is 13.8. The lowest BCUT2D eigenvalue weighted by Crippen LogP contribution is -2.16. The molecule has 0 spiro atoms. The fourth-order valence-electron chi connectivity index (χ4n) is 3.82. The van der Waals surface area contributed by atoms with Gasteiger partial charge in [0.25, 0.3) is 0 Å². The van der Waals surface area contributed by atoms with E-state index in [2.05, 4.69) is 4.57 Å². The fraction of sp³-hybridized carbons (Fsp3) is 0.450. The summed E-state index contributed by atoms with van der Waals surface area (Å²) < 4.78 is 15.8. The summed E-state index contributed by atoms with van der Waals surface area (Å²) >= 11 is 0. The largest absolute Gasteiger partial charge is 0.478 e. The monoisotopic (exact) mass is 329 g/mol. The van der Waals surface area contributed by atoms with E-state index in [1.165, 1.54) is 44.2 Å². The van der Waals surface area contributed by atoms with Crippen molar-refractivity contribution in [3.63, 3.8) is 0 Å². The highest BCUT2D eigenvalue weighted by atomic mass is 19.1. The smallest absolute Gasteiger partial charge is 0.337 e. The number of carboxylic acid groups (broad SMARTS) is 1. The third kappa shape index (κ3) is 3.23. The number of hydrogen-bond donors (Lipinski definition) is 1. The lowest BCUT2D eigenvalue weighted by molar-refractivity contribution is 0.0696. The number of aromatic nitrogens is 1. The first-order chi connectivity index (χ1) is 11.5. The first-order valence-corrected chi connectivity index (χ1v) is 8.67. The summed E-state index contributed by atoms with van der Waals surface area (Å²) in [5.41, 5.74) is 3.61. The highest BCUT2D eigenvalue weighted by Gasteiger charge is 2.22. The van der Waals surface area contributed by atoms with Crippen LogP contribution in [0, 0.1) is 25.6 Å². The van der Waals surface area contributed by atoms with Crippen molar-refractivity contribution >= 4 is 5.97 Å². The van der Waals surface area contributed by atoms with Gasteiger partial charge in [0.2, 0.25) is 0 Å². The molecule has 0 bridgehead atoms. The number of hydrogen-bond acceptors (Lipinski definition) is 1. The molecule has 0 unspecified atom stereocenters. The van der Waals surface area contributed by atoms with Gasteiger partial charge in [-0.15, -0.1) is 0 Å². The van der Waals surface area contributed by atoms with Gasteiger partial charge in [-0.2, -0.15) is 0 Å². The van der Waals surface area contributed by atoms with Crippen molar-refractivity contribution in [2.45, 2.75) is 52.5 Å². The summed E-state index contributed by atoms with van der Waals surface area (Å²) in [6.07, 6.45) is 6.14. The van der Waals surface area contributed by atoms with E-state index in [1.807, 2.05) is 13.8 Å². The summed E-state index contributed by atoms with van der Waals surface area (Å²) in [5.74, 6) is -0.653. The number of halogens is 1. The molecule has 1 aliphatic carbocycles. The number of carboxylic acids is 1. The molecule has 3 nitrogen and oxygen atoms in total. The fourth-order valence-corrected chi connectivity index (χ4v) is 3.82. The molecule has 2 aromatic rings. The number of carbonyl (C=O) groups is 1. The number of benzene rings is 1. The van der Waals surface area contributed by atoms with Crippen molar-refractivity contribution < 1.29 is 14.3 Å². The van der Waals surface area contributed by atoms with Crippen LogP contribution in [0.1, 0.15) is 53.7 Å². The second-order valence-electron chi connectivity index (χ2n) is 6.91. The molecule has 0 aliphatic heterocycles. The summed E-state index contributed by atoms with van der Waals surface area (Å²) in [5, 5.41) is 9.49. The standard InChI is InChI=1S/C20H24FNO2/c1-13-8-9-16(21)10-17(13)19-11-18(20(23)24)14(2)22(19)12-15-6-4-3-5-7-15/h8-11,15H,3-7,12H2,1-2H3,(H,23,24). The van der Waals surface area contributed by atoms with Gasteiger partial charge in [-0.1, -0.05) is 25.3 Å². The van der Waals surface area contributed by atoms with Crippen LogP contribution in [0.2, 0.25) is 0 Å². The molecular formula is C20H24FNO2. The average molecular weight is 329 g/mol. The second kappa shape index (κ2) is 6.80. The van der Waals surface area contributed by atoms with Crippen LogP contribution in [0.3, 0.4) is 0 Å². The lowest BCUT2D eigenvalue weighted by Gasteiger charge is -2.24. The van der Waals surface area contributed by atoms with E-state index >= 15 is 0 Å². The Balaban J connectivity index is 2.08. The minimum atomic E-state index is -0.926. The maximum Gasteiger partial charge on any atom is 0.337 e. The first-order valence-electron chi connectivity index (χ1n) is 8.67. The van der Waals surface area contributed by atoms with Gasteiger partial charge in [0.1, 0.15) is 5.82 Å². The number of nitrogens with zero attached hydrogens (tertiary/aromatic N) is 1. The van der Waals surface area contributed by atoms with Crippen LogP contribution in [-0.2, 0) is 6.54 Å². The predicted molar refractivity (Wildman–Crippen MR) is 92.8 cm³/mol. The molecule has 4 heteroatoms. The molecule has 128 valence electrons. The molecule has 24 heavy (non-hydrogen) atoms. The van der Waals surface area contributed by atoms with E-state index < -0.39 is 5.97 Å². The molecule has 1 fully saturated rings. The number of rotatable bonds is 4. The van der Waals surface area contributed by atoms with Crippen LogP contribution in [-0.4, -0.2) is 15.6 Å². The molecule has 0 atom stereocenters. The second-order valence-corrected chi connectivity index (χ2v) is 6.91. The van der Waals surface area contributed by atoms with Crippen LogP contribution >= 0.6 is 0 Å². The molecule has 0 radical (unpaired) electrons. The molecule has 1 heterocycles. The Morgan fingerprint density at radius 1 is 1.21 bits per heavy atom. The van der Waals surface area contributed by atoms with E-state index in [1.54, 1.807) is 12.1 Å². The van der Waals surface area contributed by atoms with Crippen molar-refractivity contribution in [1.29, 1.82) is 0 Å². The molecule has 1 aromatic heterocycles. The highest BCUT2D eigenvalue weighted by molar-refractivity contribution is 5.91. The molecule has 1 aromatic carbocycles. The summed E-state index contributed by atoms with van der Waals surface area (Å²) in [6, 6.07) is 6.39. The maximum absolute atomic E-state index is 13.8. The Bertz CT molecular complexity index is 757. The molecule has 3 rings (SSSR count). The van der Waals surface area contributed by atoms with Gasteiger partial charge in [0.15, 0.2) is 0 Å². The van der Waals surface area contributed by atoms with Gasteiger partial charge < -0.3 is 9.67 Å². The Labute approximate surface area is 142 Å². The molecule has 0 saturated heterocycles. The van der Waals surface area contributed by atoms with Crippen molar-refractivity contribution in [2.24, 2.45) is 5.92 Å². The quantitative estimate of drug-likeness (QED) is 0.839. The van der Waals surface area contributed by atoms with E-state index in [4.69, 9.17) is 0 Å². The van der Waals surface area contributed by atoms with Crippen LogP contribution in [0.25, 0.3) is 11.3 Å². The van der Waals surface area contributed by atoms with Gasteiger partial charge in [-0.25, -0.2) is 9.18 Å². The summed E-state index contributed by atoms with van der Waals surface area (Å²) in [6.45, 7) is 4.59. The Hall–Kier alpha value is -2.10. The van der Waals surface area contributed by atoms with Gasteiger partial charge in [0, 0.05) is 23.5 Å². The van der Waals surface area contributed by atoms with E-state index in [-0.39, 0.29) is 5.82 Å². The lowest BCUT2D eigenvalue weighted by atomic mass is 9.89. The van der Waals surface area contributed by atoms with Gasteiger partial charge >= 0.3 is 5.97 Å². The Morgan fingerprint density at radius 2 is 1.92 bits per heavy atom. The number of aryl methyl sites for hydroxylation is 1. The molecule has 0 amide bonds. The Morgan fingerprint density at radius 3 is 2.58 bits per heavy atom. The zero-order chi connectivity index (χ0) is 17.3. The van der Waals surface area contributed by atoms with Crippen LogP contribution in [0.5, 0.6) is 0 Å². The number of aromatic carboxylic acids is 1. The topological polar surface area (TPSA) is 42.2 Å². The molecule has 1 aliphatic rings. The Kier molecular flexibility index (Phi) is 4.74.